The van der Waals surface area contributed by atoms with Gasteiger partial charge in [-0.2, -0.15) is 0 Å². The number of Topliss-reactive ketones (excluding diaryl/α,β-unsaturated/α-hetero) is 1. The molecule has 0 atom stereocenters. The molecule has 1 amide bonds. The van der Waals surface area contributed by atoms with Crippen molar-refractivity contribution in [1.82, 2.24) is 20.1 Å². The fourth-order valence-electron chi connectivity index (χ4n) is 2.62. The van der Waals surface area contributed by atoms with Crippen LogP contribution in [-0.2, 0) is 11.2 Å². The third-order valence-electron chi connectivity index (χ3n) is 3.99. The number of hydrogen-bond acceptors (Lipinski definition) is 6. The highest BCUT2D eigenvalue weighted by Gasteiger charge is 2.18. The predicted molar refractivity (Wildman–Crippen MR) is 125 cm³/mol. The Morgan fingerprint density at radius 3 is 2.67 bits per heavy atom. The second-order valence-electron chi connectivity index (χ2n) is 6.23. The molecule has 1 N–H and O–H groups in total. The van der Waals surface area contributed by atoms with Gasteiger partial charge in [0.25, 0.3) is 0 Å². The summed E-state index contributed by atoms with van der Waals surface area (Å²) in [6.45, 7) is 2.02. The molecule has 11 heteroatoms. The molecule has 0 aliphatic heterocycles. The van der Waals surface area contributed by atoms with Crippen LogP contribution in [-0.4, -0.2) is 38.8 Å². The molecule has 1 aromatic carbocycles. The number of nitrogens with one attached hydrogen (secondary N) is 1. The van der Waals surface area contributed by atoms with Crippen LogP contribution in [0.25, 0.3) is 5.69 Å². The summed E-state index contributed by atoms with van der Waals surface area (Å²) in [5.74, 6) is 0.897. The lowest BCUT2D eigenvalue weighted by Crippen LogP contribution is -2.21. The van der Waals surface area contributed by atoms with Crippen molar-refractivity contribution in [2.24, 2.45) is 0 Å². The van der Waals surface area contributed by atoms with Gasteiger partial charge in [-0.15, -0.1) is 21.5 Å². The van der Waals surface area contributed by atoms with Gasteiger partial charge in [0.05, 0.1) is 30.1 Å². The molecule has 30 heavy (non-hydrogen) atoms. The lowest BCUT2D eigenvalue weighted by molar-refractivity contribution is -0.118. The molecular weight excluding hydrogens is 531 g/mol. The summed E-state index contributed by atoms with van der Waals surface area (Å²) in [7, 11) is 0. The van der Waals surface area contributed by atoms with Gasteiger partial charge in [-0.25, -0.2) is 0 Å². The number of nitrogens with zero attached hydrogens (tertiary/aromatic N) is 3. The normalized spacial score (nSPS) is 10.9. The summed E-state index contributed by atoms with van der Waals surface area (Å²) in [6, 6.07) is 8.94. The van der Waals surface area contributed by atoms with E-state index in [-0.39, 0.29) is 17.4 Å². The first kappa shape index (κ1) is 23.3. The van der Waals surface area contributed by atoms with Crippen molar-refractivity contribution in [1.29, 1.82) is 0 Å². The van der Waals surface area contributed by atoms with Gasteiger partial charge in [-0.05, 0) is 52.7 Å². The van der Waals surface area contributed by atoms with Gasteiger partial charge < -0.3 is 5.32 Å². The minimum Gasteiger partial charge on any atom is -0.356 e. The van der Waals surface area contributed by atoms with Crippen molar-refractivity contribution in [3.05, 3.63) is 54.9 Å². The molecule has 0 aliphatic rings. The van der Waals surface area contributed by atoms with Crippen LogP contribution in [0.5, 0.6) is 0 Å². The van der Waals surface area contributed by atoms with E-state index in [1.54, 1.807) is 18.2 Å². The maximum absolute atomic E-state index is 12.5. The SMILES string of the molecule is CC(=O)NCCCc1nnc(SCC(=O)c2ccc(Br)s2)n1-c1ccc(Cl)c(Cl)c1. The van der Waals surface area contributed by atoms with Gasteiger partial charge in [0.15, 0.2) is 10.9 Å². The number of carbonyl (C=O) groups is 2. The average molecular weight is 548 g/mol. The number of amides is 1. The molecule has 3 rings (SSSR count). The number of thioether (sulfide) groups is 1. The molecule has 0 fully saturated rings. The van der Waals surface area contributed by atoms with E-state index in [0.29, 0.717) is 45.3 Å². The van der Waals surface area contributed by atoms with Crippen LogP contribution in [0.4, 0.5) is 0 Å². The average Bonchev–Trinajstić information content (AvgIpc) is 3.31. The Bertz CT molecular complexity index is 1070. The molecule has 0 aliphatic carbocycles. The number of rotatable bonds is 9. The van der Waals surface area contributed by atoms with Crippen LogP contribution in [0.3, 0.4) is 0 Å². The summed E-state index contributed by atoms with van der Waals surface area (Å²) >= 11 is 18.4. The number of benzene rings is 1. The molecule has 2 aromatic heterocycles. The number of ketones is 1. The number of thiophene rings is 1. The monoisotopic (exact) mass is 546 g/mol. The van der Waals surface area contributed by atoms with E-state index in [2.05, 4.69) is 31.4 Å². The van der Waals surface area contributed by atoms with Crippen LogP contribution in [0.2, 0.25) is 10.0 Å². The molecule has 2 heterocycles. The van der Waals surface area contributed by atoms with Gasteiger partial charge in [0, 0.05) is 19.9 Å². The Hall–Kier alpha value is -1.39. The van der Waals surface area contributed by atoms with Crippen LogP contribution >= 0.6 is 62.2 Å². The van der Waals surface area contributed by atoms with Crippen LogP contribution < -0.4 is 5.32 Å². The molecule has 158 valence electrons. The number of halogens is 3. The topological polar surface area (TPSA) is 76.9 Å². The van der Waals surface area contributed by atoms with E-state index < -0.39 is 0 Å². The fraction of sp³-hybridized carbons (Fsp3) is 0.263. The summed E-state index contributed by atoms with van der Waals surface area (Å²) in [5.41, 5.74) is 0.762. The van der Waals surface area contributed by atoms with Crippen molar-refractivity contribution in [3.8, 4) is 5.69 Å². The van der Waals surface area contributed by atoms with Crippen LogP contribution in [0, 0.1) is 0 Å². The summed E-state index contributed by atoms with van der Waals surface area (Å²) in [5, 5.41) is 12.8. The highest BCUT2D eigenvalue weighted by molar-refractivity contribution is 9.11. The van der Waals surface area contributed by atoms with E-state index in [4.69, 9.17) is 23.2 Å². The van der Waals surface area contributed by atoms with Crippen molar-refractivity contribution in [3.63, 3.8) is 0 Å². The van der Waals surface area contributed by atoms with Crippen LogP contribution in [0.1, 0.15) is 28.8 Å². The third kappa shape index (κ3) is 6.07. The van der Waals surface area contributed by atoms with E-state index in [9.17, 15) is 9.59 Å². The summed E-state index contributed by atoms with van der Waals surface area (Å²) in [6.07, 6.45) is 1.30. The lowest BCUT2D eigenvalue weighted by Gasteiger charge is -2.11. The second kappa shape index (κ2) is 10.8. The van der Waals surface area contributed by atoms with Gasteiger partial charge in [-0.1, -0.05) is 35.0 Å². The first-order valence-electron chi connectivity index (χ1n) is 8.90. The Morgan fingerprint density at radius 2 is 2.00 bits per heavy atom. The summed E-state index contributed by atoms with van der Waals surface area (Å²) in [4.78, 5) is 24.3. The molecule has 0 unspecified atom stereocenters. The van der Waals surface area contributed by atoms with Crippen molar-refractivity contribution in [2.75, 3.05) is 12.3 Å². The van der Waals surface area contributed by atoms with E-state index in [0.717, 1.165) is 9.47 Å². The van der Waals surface area contributed by atoms with E-state index in [1.165, 1.54) is 30.0 Å². The Balaban J connectivity index is 1.81. The molecule has 0 saturated carbocycles. The Morgan fingerprint density at radius 1 is 1.20 bits per heavy atom. The van der Waals surface area contributed by atoms with Gasteiger partial charge in [-0.3, -0.25) is 14.2 Å². The maximum Gasteiger partial charge on any atom is 0.216 e. The maximum atomic E-state index is 12.5. The van der Waals surface area contributed by atoms with Gasteiger partial charge in [0.1, 0.15) is 5.82 Å². The van der Waals surface area contributed by atoms with Gasteiger partial charge >= 0.3 is 0 Å². The zero-order chi connectivity index (χ0) is 21.7. The Kier molecular flexibility index (Phi) is 8.35. The predicted octanol–water partition coefficient (Wildman–Crippen LogP) is 5.44. The fourth-order valence-corrected chi connectivity index (χ4v) is 5.18. The third-order valence-corrected chi connectivity index (χ3v) is 7.33. The van der Waals surface area contributed by atoms with E-state index in [1.807, 2.05) is 16.7 Å². The quantitative estimate of drug-likeness (QED) is 0.219. The summed E-state index contributed by atoms with van der Waals surface area (Å²) < 4.78 is 2.79. The number of carbonyl (C=O) groups excluding carboxylic acids is 2. The Labute approximate surface area is 200 Å². The number of aryl methyl sites for hydroxylation is 1. The minimum atomic E-state index is -0.0732. The molecule has 0 spiro atoms. The van der Waals surface area contributed by atoms with Crippen LogP contribution in [0.15, 0.2) is 39.3 Å². The zero-order valence-corrected chi connectivity index (χ0v) is 20.6. The zero-order valence-electron chi connectivity index (χ0n) is 15.8. The second-order valence-corrected chi connectivity index (χ2v) is 10.5. The van der Waals surface area contributed by atoms with Crippen molar-refractivity contribution >= 4 is 73.9 Å². The number of aromatic nitrogens is 3. The first-order valence-corrected chi connectivity index (χ1v) is 12.3. The minimum absolute atomic E-state index is 0.0200. The molecule has 0 saturated heterocycles. The highest BCUT2D eigenvalue weighted by Crippen LogP contribution is 2.29. The highest BCUT2D eigenvalue weighted by atomic mass is 79.9. The largest absolute Gasteiger partial charge is 0.356 e. The van der Waals surface area contributed by atoms with Gasteiger partial charge in [0.2, 0.25) is 5.91 Å². The molecule has 0 radical (unpaired) electrons. The molecule has 3 aromatic rings. The smallest absolute Gasteiger partial charge is 0.216 e. The van der Waals surface area contributed by atoms with E-state index >= 15 is 0 Å². The molecule has 0 bridgehead atoms. The molecular formula is C19H17BrCl2N4O2S2. The number of hydrogen-bond donors (Lipinski definition) is 1. The lowest BCUT2D eigenvalue weighted by atomic mass is 10.2. The molecule has 6 nitrogen and oxygen atoms in total. The first-order chi connectivity index (χ1) is 14.3. The van der Waals surface area contributed by atoms with Crippen molar-refractivity contribution < 1.29 is 9.59 Å². The standard InChI is InChI=1S/C19H17BrCl2N4O2S2/c1-11(27)23-8-2-3-18-24-25-19(26(18)12-4-5-13(21)14(22)9-12)29-10-15(28)16-6-7-17(20)30-16/h4-7,9H,2-3,8,10H2,1H3,(H,23,27). The van der Waals surface area contributed by atoms with Crippen molar-refractivity contribution in [2.45, 2.75) is 24.9 Å².